The van der Waals surface area contributed by atoms with Gasteiger partial charge in [0.1, 0.15) is 0 Å². The molecule has 0 saturated carbocycles. The zero-order chi connectivity index (χ0) is 10.1. The molecule has 2 rings (SSSR count). The number of thioether (sulfide) groups is 1. The molecule has 2 aliphatic heterocycles. The van der Waals surface area contributed by atoms with Gasteiger partial charge in [0, 0.05) is 30.5 Å². The number of carbonyl (C=O) groups excluding carboxylic acids is 1. The second-order valence-corrected chi connectivity index (χ2v) is 4.94. The van der Waals surface area contributed by atoms with Crippen molar-refractivity contribution in [3.8, 4) is 0 Å². The predicted octanol–water partition coefficient (Wildman–Crippen LogP) is 0.425. The number of carboxylic acids is 1. The molecule has 5 heteroatoms. The summed E-state index contributed by atoms with van der Waals surface area (Å²) >= 11 is 1.82. The lowest BCUT2D eigenvalue weighted by Crippen LogP contribution is -2.42. The van der Waals surface area contributed by atoms with Crippen molar-refractivity contribution in [1.29, 1.82) is 0 Å². The number of carboxylic acid groups (broad SMARTS) is 1. The molecule has 1 amide bonds. The molecular formula is C9H13NO3S. The minimum Gasteiger partial charge on any atom is -0.481 e. The Kier molecular flexibility index (Phi) is 2.67. The van der Waals surface area contributed by atoms with Gasteiger partial charge in [-0.3, -0.25) is 9.59 Å². The number of hydrogen-bond donors (Lipinski definition) is 1. The third-order valence-corrected chi connectivity index (χ3v) is 3.95. The molecule has 2 heterocycles. The van der Waals surface area contributed by atoms with Gasteiger partial charge >= 0.3 is 5.97 Å². The molecule has 14 heavy (non-hydrogen) atoms. The standard InChI is InChI=1S/C9H13NO3S/c11-8-3-6(4-9(12)13)7-5-14-2-1-10(7)8/h6-7H,1-5H2,(H,12,13). The fourth-order valence-corrected chi connectivity index (χ4v) is 3.42. The van der Waals surface area contributed by atoms with E-state index in [1.165, 1.54) is 0 Å². The Labute approximate surface area is 86.6 Å². The van der Waals surface area contributed by atoms with Gasteiger partial charge in [0.2, 0.25) is 5.91 Å². The van der Waals surface area contributed by atoms with Gasteiger partial charge in [0.25, 0.3) is 0 Å². The van der Waals surface area contributed by atoms with E-state index in [1.807, 2.05) is 16.7 Å². The summed E-state index contributed by atoms with van der Waals surface area (Å²) in [6.45, 7) is 0.796. The van der Waals surface area contributed by atoms with Gasteiger partial charge in [-0.05, 0) is 5.92 Å². The molecule has 2 atom stereocenters. The topological polar surface area (TPSA) is 57.6 Å². The Morgan fingerprint density at radius 1 is 1.64 bits per heavy atom. The van der Waals surface area contributed by atoms with Gasteiger partial charge in [-0.2, -0.15) is 11.8 Å². The number of amides is 1. The lowest BCUT2D eigenvalue weighted by molar-refractivity contribution is -0.138. The molecule has 0 bridgehead atoms. The number of fused-ring (bicyclic) bond motifs is 1. The van der Waals surface area contributed by atoms with E-state index in [0.29, 0.717) is 6.42 Å². The maximum absolute atomic E-state index is 11.5. The van der Waals surface area contributed by atoms with Gasteiger partial charge in [0.15, 0.2) is 0 Å². The third-order valence-electron chi connectivity index (χ3n) is 2.90. The SMILES string of the molecule is O=C(O)CC1CC(=O)N2CCSCC12. The first-order valence-electron chi connectivity index (χ1n) is 4.77. The maximum atomic E-state index is 11.5. The van der Waals surface area contributed by atoms with Gasteiger partial charge in [0.05, 0.1) is 6.42 Å². The number of hydrogen-bond acceptors (Lipinski definition) is 3. The highest BCUT2D eigenvalue weighted by Gasteiger charge is 2.41. The highest BCUT2D eigenvalue weighted by atomic mass is 32.2. The molecule has 0 aromatic rings. The molecule has 2 saturated heterocycles. The largest absolute Gasteiger partial charge is 0.481 e. The van der Waals surface area contributed by atoms with Crippen LogP contribution in [0, 0.1) is 5.92 Å². The van der Waals surface area contributed by atoms with Gasteiger partial charge in [-0.15, -0.1) is 0 Å². The summed E-state index contributed by atoms with van der Waals surface area (Å²) in [4.78, 5) is 24.0. The van der Waals surface area contributed by atoms with Crippen molar-refractivity contribution >= 4 is 23.6 Å². The molecule has 0 radical (unpaired) electrons. The quantitative estimate of drug-likeness (QED) is 0.725. The molecule has 0 aromatic heterocycles. The van der Waals surface area contributed by atoms with Gasteiger partial charge in [-0.1, -0.05) is 0 Å². The maximum Gasteiger partial charge on any atom is 0.303 e. The van der Waals surface area contributed by atoms with E-state index < -0.39 is 5.97 Å². The van der Waals surface area contributed by atoms with Crippen LogP contribution in [0.4, 0.5) is 0 Å². The van der Waals surface area contributed by atoms with Crippen molar-refractivity contribution < 1.29 is 14.7 Å². The van der Waals surface area contributed by atoms with E-state index in [4.69, 9.17) is 5.11 Å². The summed E-state index contributed by atoms with van der Waals surface area (Å²) in [5, 5.41) is 8.71. The van der Waals surface area contributed by atoms with Crippen molar-refractivity contribution in [3.05, 3.63) is 0 Å². The van der Waals surface area contributed by atoms with Crippen LogP contribution in [0.1, 0.15) is 12.8 Å². The zero-order valence-corrected chi connectivity index (χ0v) is 8.63. The van der Waals surface area contributed by atoms with Crippen LogP contribution in [0.5, 0.6) is 0 Å². The highest BCUT2D eigenvalue weighted by Crippen LogP contribution is 2.33. The van der Waals surface area contributed by atoms with Crippen LogP contribution in [0.25, 0.3) is 0 Å². The Hall–Kier alpha value is -0.710. The average Bonchev–Trinajstić information content (AvgIpc) is 2.44. The predicted molar refractivity (Wildman–Crippen MR) is 53.2 cm³/mol. The number of nitrogens with zero attached hydrogens (tertiary/aromatic N) is 1. The molecule has 78 valence electrons. The first kappa shape index (κ1) is 9.83. The van der Waals surface area contributed by atoms with Crippen molar-refractivity contribution in [2.24, 2.45) is 5.92 Å². The molecule has 4 nitrogen and oxygen atoms in total. The average molecular weight is 215 g/mol. The molecule has 1 N–H and O–H groups in total. The summed E-state index contributed by atoms with van der Waals surface area (Å²) < 4.78 is 0. The molecule has 0 aromatic carbocycles. The van der Waals surface area contributed by atoms with Crippen molar-refractivity contribution in [1.82, 2.24) is 4.90 Å². The van der Waals surface area contributed by atoms with Crippen LogP contribution in [0.3, 0.4) is 0 Å². The Balaban J connectivity index is 2.06. The second-order valence-electron chi connectivity index (χ2n) is 3.79. The highest BCUT2D eigenvalue weighted by molar-refractivity contribution is 7.99. The van der Waals surface area contributed by atoms with Crippen LogP contribution in [0.15, 0.2) is 0 Å². The van der Waals surface area contributed by atoms with Crippen molar-refractivity contribution in [3.63, 3.8) is 0 Å². The minimum atomic E-state index is -0.791. The van der Waals surface area contributed by atoms with Crippen LogP contribution in [-0.4, -0.2) is 46.0 Å². The fourth-order valence-electron chi connectivity index (χ4n) is 2.23. The summed E-state index contributed by atoms with van der Waals surface area (Å²) in [7, 11) is 0. The zero-order valence-electron chi connectivity index (χ0n) is 7.81. The molecule has 2 unspecified atom stereocenters. The lowest BCUT2D eigenvalue weighted by Gasteiger charge is -2.31. The Bertz CT molecular complexity index is 269. The Morgan fingerprint density at radius 2 is 2.43 bits per heavy atom. The normalized spacial score (nSPS) is 31.7. The lowest BCUT2D eigenvalue weighted by atomic mass is 9.98. The fraction of sp³-hybridized carbons (Fsp3) is 0.778. The van der Waals surface area contributed by atoms with E-state index in [1.54, 1.807) is 0 Å². The van der Waals surface area contributed by atoms with E-state index in [2.05, 4.69) is 0 Å². The molecular weight excluding hydrogens is 202 g/mol. The smallest absolute Gasteiger partial charge is 0.303 e. The first-order valence-corrected chi connectivity index (χ1v) is 5.93. The Morgan fingerprint density at radius 3 is 3.14 bits per heavy atom. The van der Waals surface area contributed by atoms with Gasteiger partial charge < -0.3 is 10.0 Å². The van der Waals surface area contributed by atoms with Crippen LogP contribution >= 0.6 is 11.8 Å². The van der Waals surface area contributed by atoms with Crippen molar-refractivity contribution in [2.45, 2.75) is 18.9 Å². The van der Waals surface area contributed by atoms with Crippen LogP contribution in [0.2, 0.25) is 0 Å². The molecule has 2 aliphatic rings. The molecule has 0 aliphatic carbocycles. The first-order chi connectivity index (χ1) is 6.68. The molecule has 0 spiro atoms. The van der Waals surface area contributed by atoms with Crippen LogP contribution < -0.4 is 0 Å². The third kappa shape index (κ3) is 1.73. The summed E-state index contributed by atoms with van der Waals surface area (Å²) in [6, 6.07) is 0.178. The molecule has 2 fully saturated rings. The number of aliphatic carboxylic acids is 1. The van der Waals surface area contributed by atoms with E-state index in [9.17, 15) is 9.59 Å². The van der Waals surface area contributed by atoms with E-state index >= 15 is 0 Å². The summed E-state index contributed by atoms with van der Waals surface area (Å²) in [5.41, 5.74) is 0. The number of rotatable bonds is 2. The van der Waals surface area contributed by atoms with Crippen molar-refractivity contribution in [2.75, 3.05) is 18.1 Å². The number of carbonyl (C=O) groups is 2. The minimum absolute atomic E-state index is 0.0350. The monoisotopic (exact) mass is 215 g/mol. The van der Waals surface area contributed by atoms with Gasteiger partial charge in [-0.25, -0.2) is 0 Å². The van der Waals surface area contributed by atoms with E-state index in [0.717, 1.165) is 18.1 Å². The summed E-state index contributed by atoms with van der Waals surface area (Å²) in [5.74, 6) is 1.28. The second kappa shape index (κ2) is 3.81. The summed E-state index contributed by atoms with van der Waals surface area (Å²) in [6.07, 6.45) is 0.561. The van der Waals surface area contributed by atoms with Crippen LogP contribution in [-0.2, 0) is 9.59 Å². The van der Waals surface area contributed by atoms with E-state index in [-0.39, 0.29) is 24.3 Å².